The number of halogens is 3. The van der Waals surface area contributed by atoms with E-state index in [0.717, 1.165) is 17.7 Å². The minimum Gasteiger partial charge on any atom is -0.493 e. The second kappa shape index (κ2) is 17.0. The number of rotatable bonds is 13. The molecule has 4 aromatic rings. The zero-order chi connectivity index (χ0) is 39.5. The quantitative estimate of drug-likeness (QED) is 0.0622. The normalized spacial score (nSPS) is 17.3. The van der Waals surface area contributed by atoms with Gasteiger partial charge in [-0.1, -0.05) is 35.7 Å². The Labute approximate surface area is 335 Å². The molecule has 1 unspecified atom stereocenters. The van der Waals surface area contributed by atoms with Gasteiger partial charge in [-0.2, -0.15) is 0 Å². The number of methoxy groups -OCH3 is 1. The number of amides is 5. The van der Waals surface area contributed by atoms with E-state index in [9.17, 15) is 28.4 Å². The lowest BCUT2D eigenvalue weighted by Gasteiger charge is -2.32. The number of nitrogens with one attached hydrogen (secondary N) is 2. The molecule has 17 heteroatoms. The predicted octanol–water partition coefficient (Wildman–Crippen LogP) is 6.95. The first-order valence-electron chi connectivity index (χ1n) is 18.2. The van der Waals surface area contributed by atoms with E-state index in [0.29, 0.717) is 83.2 Å². The number of unbranched alkanes of at least 4 members (excludes halogenated alkanes) is 2. The van der Waals surface area contributed by atoms with Gasteiger partial charge in [0.05, 0.1) is 39.5 Å². The Morgan fingerprint density at radius 1 is 1.00 bits per heavy atom. The van der Waals surface area contributed by atoms with Gasteiger partial charge in [-0.15, -0.1) is 11.8 Å². The fraction of sp³-hybridized carbons (Fsp3) is 0.359. The Bertz CT molecular complexity index is 2240. The molecular weight excluding hydrogens is 786 g/mol. The minimum absolute atomic E-state index is 0.0633. The summed E-state index contributed by atoms with van der Waals surface area (Å²) in [6.45, 7) is 1.09. The maximum atomic E-state index is 14.8. The van der Waals surface area contributed by atoms with Crippen LogP contribution >= 0.6 is 35.0 Å². The van der Waals surface area contributed by atoms with Gasteiger partial charge < -0.3 is 19.7 Å². The maximum Gasteiger partial charge on any atom is 0.263 e. The summed E-state index contributed by atoms with van der Waals surface area (Å²) < 4.78 is 26.8. The van der Waals surface area contributed by atoms with E-state index in [4.69, 9.17) is 32.7 Å². The third-order valence-corrected chi connectivity index (χ3v) is 11.9. The third-order valence-electron chi connectivity index (χ3n) is 10.0. The van der Waals surface area contributed by atoms with E-state index in [1.54, 1.807) is 30.3 Å². The second-order valence-corrected chi connectivity index (χ2v) is 15.5. The number of fused-ring (bicyclic) bond motifs is 2. The standard InChI is InChI=1S/C39H37Cl2FN6O7S/c1-54-28-19-26-23(36(44-20-43-26)45-25-10-9-24(40)34(41)35(25)42)18-29(28)55-21-13-15-47(16-14-21)32(50)8-3-2-4-17-56-30-7-5-6-22-33(30)39(53)48(38(22)52)27-11-12-31(49)46-37(27)51/h5-7,9-10,18-21,27H,2-4,8,11-17H2,1H3,(H,43,44,45)(H,46,49,51). The predicted molar refractivity (Wildman–Crippen MR) is 208 cm³/mol. The number of carbonyl (C=O) groups is 5. The van der Waals surface area contributed by atoms with Gasteiger partial charge in [0.2, 0.25) is 17.7 Å². The van der Waals surface area contributed by atoms with E-state index >= 15 is 0 Å². The van der Waals surface area contributed by atoms with Crippen LogP contribution in [0.2, 0.25) is 10.0 Å². The Morgan fingerprint density at radius 3 is 2.57 bits per heavy atom. The van der Waals surface area contributed by atoms with Gasteiger partial charge in [0.1, 0.15) is 24.3 Å². The molecule has 0 aliphatic carbocycles. The molecule has 3 aliphatic rings. The van der Waals surface area contributed by atoms with Gasteiger partial charge in [-0.05, 0) is 55.3 Å². The molecule has 7 rings (SSSR count). The first kappa shape index (κ1) is 39.3. The number of benzene rings is 3. The van der Waals surface area contributed by atoms with Crippen LogP contribution in [-0.4, -0.2) is 87.4 Å². The van der Waals surface area contributed by atoms with Crippen molar-refractivity contribution in [3.8, 4) is 11.5 Å². The van der Waals surface area contributed by atoms with Gasteiger partial charge in [-0.25, -0.2) is 14.4 Å². The fourth-order valence-corrected chi connectivity index (χ4v) is 8.46. The van der Waals surface area contributed by atoms with Crippen molar-refractivity contribution < 1.29 is 37.8 Å². The largest absolute Gasteiger partial charge is 0.493 e. The molecule has 1 atom stereocenters. The summed E-state index contributed by atoms with van der Waals surface area (Å²) in [5, 5.41) is 5.67. The molecule has 3 aromatic carbocycles. The van der Waals surface area contributed by atoms with Crippen molar-refractivity contribution in [2.24, 2.45) is 0 Å². The number of ether oxygens (including phenoxy) is 2. The third kappa shape index (κ3) is 8.11. The maximum absolute atomic E-state index is 14.8. The Kier molecular flexibility index (Phi) is 11.9. The Balaban J connectivity index is 0.874. The number of carbonyl (C=O) groups excluding carboxylic acids is 5. The van der Waals surface area contributed by atoms with Crippen LogP contribution in [0.4, 0.5) is 15.9 Å². The van der Waals surface area contributed by atoms with E-state index in [2.05, 4.69) is 20.6 Å². The smallest absolute Gasteiger partial charge is 0.263 e. The average Bonchev–Trinajstić information content (AvgIpc) is 3.45. The number of nitrogens with zero attached hydrogens (tertiary/aromatic N) is 4. The van der Waals surface area contributed by atoms with Crippen molar-refractivity contribution in [2.75, 3.05) is 31.3 Å². The molecule has 1 aromatic heterocycles. The topological polar surface area (TPSA) is 160 Å². The van der Waals surface area contributed by atoms with Crippen molar-refractivity contribution in [3.63, 3.8) is 0 Å². The van der Waals surface area contributed by atoms with Gasteiger partial charge >= 0.3 is 0 Å². The lowest BCUT2D eigenvalue weighted by molar-refractivity contribution is -0.136. The molecule has 0 radical (unpaired) electrons. The number of aromatic nitrogens is 2. The number of anilines is 2. The highest BCUT2D eigenvalue weighted by atomic mass is 35.5. The zero-order valence-electron chi connectivity index (χ0n) is 30.2. The molecule has 3 aliphatic heterocycles. The van der Waals surface area contributed by atoms with Crippen LogP contribution in [0, 0.1) is 5.82 Å². The van der Waals surface area contributed by atoms with Crippen LogP contribution in [0.1, 0.15) is 72.1 Å². The molecule has 292 valence electrons. The first-order chi connectivity index (χ1) is 27.0. The van der Waals surface area contributed by atoms with Gasteiger partial charge in [0, 0.05) is 55.1 Å². The molecule has 0 spiro atoms. The van der Waals surface area contributed by atoms with Gasteiger partial charge in [0.25, 0.3) is 11.8 Å². The summed E-state index contributed by atoms with van der Waals surface area (Å²) in [4.78, 5) is 75.7. The highest BCUT2D eigenvalue weighted by molar-refractivity contribution is 7.99. The molecular formula is C39H37Cl2FN6O7S. The molecule has 56 heavy (non-hydrogen) atoms. The van der Waals surface area contributed by atoms with Crippen LogP contribution in [0.25, 0.3) is 10.9 Å². The number of imide groups is 2. The van der Waals surface area contributed by atoms with Crippen LogP contribution in [-0.2, 0) is 14.4 Å². The molecule has 0 bridgehead atoms. The summed E-state index contributed by atoms with van der Waals surface area (Å²) in [5.41, 5.74) is 1.21. The molecule has 2 fully saturated rings. The van der Waals surface area contributed by atoms with Crippen LogP contribution in [0.5, 0.6) is 11.5 Å². The fourth-order valence-electron chi connectivity index (χ4n) is 7.07. The van der Waals surface area contributed by atoms with Crippen molar-refractivity contribution in [1.29, 1.82) is 0 Å². The number of hydrogen-bond donors (Lipinski definition) is 2. The highest BCUT2D eigenvalue weighted by Gasteiger charge is 2.45. The average molecular weight is 824 g/mol. The van der Waals surface area contributed by atoms with Crippen molar-refractivity contribution in [3.05, 3.63) is 75.8 Å². The molecule has 2 saturated heterocycles. The minimum atomic E-state index is -1.01. The lowest BCUT2D eigenvalue weighted by Crippen LogP contribution is -2.54. The zero-order valence-corrected chi connectivity index (χ0v) is 32.6. The lowest BCUT2D eigenvalue weighted by atomic mass is 10.0. The van der Waals surface area contributed by atoms with Gasteiger partial charge in [0.15, 0.2) is 17.3 Å². The van der Waals surface area contributed by atoms with E-state index < -0.39 is 35.5 Å². The van der Waals surface area contributed by atoms with Crippen molar-refractivity contribution in [2.45, 2.75) is 68.4 Å². The van der Waals surface area contributed by atoms with Crippen molar-refractivity contribution in [1.82, 2.24) is 25.1 Å². The summed E-state index contributed by atoms with van der Waals surface area (Å²) in [6, 6.07) is 10.5. The van der Waals surface area contributed by atoms with E-state index in [1.807, 2.05) is 4.90 Å². The Morgan fingerprint density at radius 2 is 1.80 bits per heavy atom. The summed E-state index contributed by atoms with van der Waals surface area (Å²) >= 11 is 13.4. The van der Waals surface area contributed by atoms with E-state index in [-0.39, 0.29) is 46.1 Å². The monoisotopic (exact) mass is 822 g/mol. The first-order valence-corrected chi connectivity index (χ1v) is 19.9. The van der Waals surface area contributed by atoms with E-state index in [1.165, 1.54) is 37.3 Å². The molecule has 5 amide bonds. The molecule has 2 N–H and O–H groups in total. The summed E-state index contributed by atoms with van der Waals surface area (Å²) in [6.07, 6.45) is 5.33. The van der Waals surface area contributed by atoms with Crippen LogP contribution in [0.15, 0.2) is 53.7 Å². The number of piperidine rings is 2. The molecule has 0 saturated carbocycles. The molecule has 13 nitrogen and oxygen atoms in total. The number of likely N-dealkylation sites (tertiary alicyclic amines) is 1. The van der Waals surface area contributed by atoms with Gasteiger partial charge in [-0.3, -0.25) is 34.2 Å². The highest BCUT2D eigenvalue weighted by Crippen LogP contribution is 2.38. The second-order valence-electron chi connectivity index (χ2n) is 13.6. The van der Waals surface area contributed by atoms with Crippen molar-refractivity contribution >= 4 is 86.9 Å². The van der Waals surface area contributed by atoms with Crippen LogP contribution in [0.3, 0.4) is 0 Å². The SMILES string of the molecule is COc1cc2ncnc(Nc3ccc(Cl)c(Cl)c3F)c2cc1OC1CCN(C(=O)CCCCCSc2cccc3c2C(=O)N(C2CCC(=O)NC2=O)C3=O)CC1. The summed E-state index contributed by atoms with van der Waals surface area (Å²) in [5.74, 6) is -0.753. The number of hydrogen-bond acceptors (Lipinski definition) is 11. The molecule has 4 heterocycles. The summed E-state index contributed by atoms with van der Waals surface area (Å²) in [7, 11) is 1.54. The number of thioether (sulfide) groups is 1. The van der Waals surface area contributed by atoms with Crippen LogP contribution < -0.4 is 20.1 Å². The Hall–Kier alpha value is -4.99.